The summed E-state index contributed by atoms with van der Waals surface area (Å²) >= 11 is 7.09. The van der Waals surface area contributed by atoms with E-state index in [1.165, 1.54) is 11.1 Å². The summed E-state index contributed by atoms with van der Waals surface area (Å²) in [7, 11) is 1.67. The van der Waals surface area contributed by atoms with Gasteiger partial charge in [0.2, 0.25) is 0 Å². The second kappa shape index (κ2) is 7.25. The molecule has 20 heavy (non-hydrogen) atoms. The van der Waals surface area contributed by atoms with Crippen molar-refractivity contribution in [2.45, 2.75) is 19.5 Å². The maximum absolute atomic E-state index is 5.25. The van der Waals surface area contributed by atoms with Crippen LogP contribution in [-0.2, 0) is 6.54 Å². The molecule has 0 aliphatic rings. The molecule has 1 N–H and O–H groups in total. The Bertz CT molecular complexity index is 586. The Morgan fingerprint density at radius 2 is 1.85 bits per heavy atom. The third kappa shape index (κ3) is 3.84. The van der Waals surface area contributed by atoms with Gasteiger partial charge in [-0.15, -0.1) is 0 Å². The zero-order valence-corrected chi connectivity index (χ0v) is 14.7. The Kier molecular flexibility index (Phi) is 5.64. The number of hydrogen-bond acceptors (Lipinski definition) is 2. The van der Waals surface area contributed by atoms with Gasteiger partial charge in [-0.25, -0.2) is 0 Å². The van der Waals surface area contributed by atoms with Crippen molar-refractivity contribution in [2.75, 3.05) is 7.11 Å². The summed E-state index contributed by atoms with van der Waals surface area (Å²) in [6, 6.07) is 14.7. The van der Waals surface area contributed by atoms with Crippen molar-refractivity contribution in [3.05, 3.63) is 62.5 Å². The van der Waals surface area contributed by atoms with E-state index in [0.717, 1.165) is 21.2 Å². The lowest BCUT2D eigenvalue weighted by Gasteiger charge is -2.16. The van der Waals surface area contributed by atoms with Crippen LogP contribution in [0.2, 0.25) is 0 Å². The number of hydrogen-bond donors (Lipinski definition) is 1. The zero-order chi connectivity index (χ0) is 14.5. The summed E-state index contributed by atoms with van der Waals surface area (Å²) in [5.74, 6) is 0.853. The first-order valence-electron chi connectivity index (χ1n) is 6.42. The molecule has 0 saturated carbocycles. The van der Waals surface area contributed by atoms with Crippen molar-refractivity contribution in [1.82, 2.24) is 5.32 Å². The molecule has 0 bridgehead atoms. The lowest BCUT2D eigenvalue weighted by molar-refractivity contribution is 0.411. The molecule has 0 saturated heterocycles. The summed E-state index contributed by atoms with van der Waals surface area (Å²) < 4.78 is 7.36. The standard InChI is InChI=1S/C16H17Br2NO/c1-11(12-7-8-16(20-2)15(18)9-12)19-10-13-5-3-4-6-14(13)17/h3-9,11,19H,10H2,1-2H3. The normalized spacial score (nSPS) is 12.2. The largest absolute Gasteiger partial charge is 0.496 e. The number of benzene rings is 2. The first kappa shape index (κ1) is 15.5. The number of nitrogens with one attached hydrogen (secondary N) is 1. The summed E-state index contributed by atoms with van der Waals surface area (Å²) in [5.41, 5.74) is 2.48. The molecule has 0 fully saturated rings. The van der Waals surface area contributed by atoms with Crippen LogP contribution in [-0.4, -0.2) is 7.11 Å². The van der Waals surface area contributed by atoms with E-state index in [1.54, 1.807) is 7.11 Å². The van der Waals surface area contributed by atoms with Gasteiger partial charge < -0.3 is 10.1 Å². The second-order valence-electron chi connectivity index (χ2n) is 4.59. The van der Waals surface area contributed by atoms with E-state index in [-0.39, 0.29) is 6.04 Å². The van der Waals surface area contributed by atoms with Crippen molar-refractivity contribution in [3.8, 4) is 5.75 Å². The number of methoxy groups -OCH3 is 1. The van der Waals surface area contributed by atoms with Gasteiger partial charge in [-0.05, 0) is 52.2 Å². The maximum atomic E-state index is 5.25. The topological polar surface area (TPSA) is 21.3 Å². The summed E-state index contributed by atoms with van der Waals surface area (Å²) in [5, 5.41) is 3.53. The molecule has 0 heterocycles. The van der Waals surface area contributed by atoms with Crippen LogP contribution in [0.5, 0.6) is 5.75 Å². The van der Waals surface area contributed by atoms with Gasteiger partial charge in [0, 0.05) is 17.1 Å². The van der Waals surface area contributed by atoms with Gasteiger partial charge >= 0.3 is 0 Å². The quantitative estimate of drug-likeness (QED) is 0.758. The molecule has 2 rings (SSSR count). The molecule has 1 atom stereocenters. The molecular formula is C16H17Br2NO. The third-order valence-corrected chi connectivity index (χ3v) is 4.63. The van der Waals surface area contributed by atoms with Crippen molar-refractivity contribution in [2.24, 2.45) is 0 Å². The minimum Gasteiger partial charge on any atom is -0.496 e. The fourth-order valence-corrected chi connectivity index (χ4v) is 2.96. The van der Waals surface area contributed by atoms with Crippen LogP contribution in [0.4, 0.5) is 0 Å². The second-order valence-corrected chi connectivity index (χ2v) is 6.30. The van der Waals surface area contributed by atoms with E-state index in [0.29, 0.717) is 0 Å². The van der Waals surface area contributed by atoms with Crippen LogP contribution in [0, 0.1) is 0 Å². The molecule has 2 aromatic rings. The van der Waals surface area contributed by atoms with Gasteiger partial charge in [0.05, 0.1) is 11.6 Å². The highest BCUT2D eigenvalue weighted by Crippen LogP contribution is 2.28. The molecule has 0 radical (unpaired) electrons. The molecule has 2 nitrogen and oxygen atoms in total. The van der Waals surface area contributed by atoms with Crippen molar-refractivity contribution in [1.29, 1.82) is 0 Å². The van der Waals surface area contributed by atoms with Gasteiger partial charge in [-0.2, -0.15) is 0 Å². The Morgan fingerprint density at radius 1 is 1.10 bits per heavy atom. The van der Waals surface area contributed by atoms with Crippen LogP contribution >= 0.6 is 31.9 Å². The van der Waals surface area contributed by atoms with Crippen molar-refractivity contribution in [3.63, 3.8) is 0 Å². The monoisotopic (exact) mass is 397 g/mol. The molecule has 2 aromatic carbocycles. The summed E-state index contributed by atoms with van der Waals surface area (Å²) in [4.78, 5) is 0. The molecule has 0 aromatic heterocycles. The van der Waals surface area contributed by atoms with E-state index in [1.807, 2.05) is 12.1 Å². The molecular weight excluding hydrogens is 382 g/mol. The minimum absolute atomic E-state index is 0.268. The van der Waals surface area contributed by atoms with Gasteiger partial charge in [0.1, 0.15) is 5.75 Å². The van der Waals surface area contributed by atoms with Crippen LogP contribution in [0.1, 0.15) is 24.1 Å². The highest BCUT2D eigenvalue weighted by Gasteiger charge is 2.08. The minimum atomic E-state index is 0.268. The van der Waals surface area contributed by atoms with E-state index >= 15 is 0 Å². The maximum Gasteiger partial charge on any atom is 0.133 e. The van der Waals surface area contributed by atoms with Gasteiger partial charge in [-0.1, -0.05) is 40.2 Å². The predicted molar refractivity (Wildman–Crippen MR) is 90.1 cm³/mol. The van der Waals surface area contributed by atoms with Crippen LogP contribution in [0.3, 0.4) is 0 Å². The molecule has 0 aliphatic carbocycles. The Balaban J connectivity index is 2.03. The highest BCUT2D eigenvalue weighted by molar-refractivity contribution is 9.10. The molecule has 1 unspecified atom stereocenters. The molecule has 0 aliphatic heterocycles. The van der Waals surface area contributed by atoms with Crippen LogP contribution in [0.15, 0.2) is 51.4 Å². The zero-order valence-electron chi connectivity index (χ0n) is 11.5. The molecule has 4 heteroatoms. The average molecular weight is 399 g/mol. The van der Waals surface area contributed by atoms with Gasteiger partial charge in [0.25, 0.3) is 0 Å². The SMILES string of the molecule is COc1ccc(C(C)NCc2ccccc2Br)cc1Br. The number of halogens is 2. The fourth-order valence-electron chi connectivity index (χ4n) is 1.97. The molecule has 106 valence electrons. The first-order chi connectivity index (χ1) is 9.61. The number of ether oxygens (including phenoxy) is 1. The van der Waals surface area contributed by atoms with Gasteiger partial charge in [-0.3, -0.25) is 0 Å². The van der Waals surface area contributed by atoms with Gasteiger partial charge in [0.15, 0.2) is 0 Å². The Morgan fingerprint density at radius 3 is 2.50 bits per heavy atom. The fraction of sp³-hybridized carbons (Fsp3) is 0.250. The smallest absolute Gasteiger partial charge is 0.133 e. The highest BCUT2D eigenvalue weighted by atomic mass is 79.9. The summed E-state index contributed by atoms with van der Waals surface area (Å²) in [6.07, 6.45) is 0. The molecule has 0 spiro atoms. The van der Waals surface area contributed by atoms with Crippen molar-refractivity contribution < 1.29 is 4.74 Å². The van der Waals surface area contributed by atoms with Crippen LogP contribution in [0.25, 0.3) is 0 Å². The summed E-state index contributed by atoms with van der Waals surface area (Å²) in [6.45, 7) is 2.98. The predicted octanol–water partition coefficient (Wildman–Crippen LogP) is 5.07. The lowest BCUT2D eigenvalue weighted by atomic mass is 10.1. The Hall–Kier alpha value is -0.840. The average Bonchev–Trinajstić information content (AvgIpc) is 2.46. The first-order valence-corrected chi connectivity index (χ1v) is 8.00. The third-order valence-electron chi connectivity index (χ3n) is 3.23. The Labute approximate surface area is 136 Å². The lowest BCUT2D eigenvalue weighted by Crippen LogP contribution is -2.18. The number of rotatable bonds is 5. The van der Waals surface area contributed by atoms with E-state index in [9.17, 15) is 0 Å². The van der Waals surface area contributed by atoms with E-state index in [2.05, 4.69) is 74.4 Å². The van der Waals surface area contributed by atoms with E-state index in [4.69, 9.17) is 4.74 Å². The van der Waals surface area contributed by atoms with E-state index < -0.39 is 0 Å². The molecule has 0 amide bonds. The van der Waals surface area contributed by atoms with Crippen molar-refractivity contribution >= 4 is 31.9 Å². The van der Waals surface area contributed by atoms with Crippen LogP contribution < -0.4 is 10.1 Å².